The zero-order chi connectivity index (χ0) is 38.6. The van der Waals surface area contributed by atoms with E-state index < -0.39 is 23.8 Å². The van der Waals surface area contributed by atoms with E-state index in [0.717, 1.165) is 0 Å². The van der Waals surface area contributed by atoms with Crippen molar-refractivity contribution in [2.24, 2.45) is 23.7 Å². The fourth-order valence-electron chi connectivity index (χ4n) is 6.45. The van der Waals surface area contributed by atoms with Gasteiger partial charge in [0.05, 0.1) is 70.6 Å². The number of fused-ring (bicyclic) bond motifs is 2. The number of nitrogens with one attached hydrogen (secondary N) is 2. The number of nitriles is 2. The summed E-state index contributed by atoms with van der Waals surface area (Å²) in [6, 6.07) is 9.53. The number of rotatable bonds is 6. The van der Waals surface area contributed by atoms with Gasteiger partial charge in [0.15, 0.2) is 11.6 Å². The molecule has 2 saturated heterocycles. The number of carbonyl (C=O) groups is 4. The molecule has 2 aliphatic heterocycles. The Morgan fingerprint density at radius 3 is 1.46 bits per heavy atom. The molecule has 0 bridgehead atoms. The first-order chi connectivity index (χ1) is 25.8. The van der Waals surface area contributed by atoms with Crippen LogP contribution >= 0.6 is 0 Å². The Balaban J connectivity index is 0.000000167. The SMILES string of the molecule is C[C@H]1COC(=O)N1c1cc2cc(NC(=O)[C@@H]3C[C@H]3C#N)ncc2c(N)c1F.C[C@H]1COC(=O)N1c1cc2cc(NC(=O)[C@H]3C[C@@H]3C#N)ncc2c(N)c1F. The Morgan fingerprint density at radius 1 is 0.759 bits per heavy atom. The molecule has 276 valence electrons. The highest BCUT2D eigenvalue weighted by Gasteiger charge is 2.44. The van der Waals surface area contributed by atoms with Crippen LogP contribution in [0.5, 0.6) is 0 Å². The van der Waals surface area contributed by atoms with Crippen molar-refractivity contribution in [2.45, 2.75) is 38.8 Å². The molecule has 18 heteroatoms. The van der Waals surface area contributed by atoms with Crippen LogP contribution in [0.1, 0.15) is 26.7 Å². The molecule has 4 aliphatic rings. The van der Waals surface area contributed by atoms with Gasteiger partial charge in [0.1, 0.15) is 24.8 Å². The quantitative estimate of drug-likeness (QED) is 0.195. The zero-order valence-electron chi connectivity index (χ0n) is 28.8. The van der Waals surface area contributed by atoms with E-state index in [2.05, 4.69) is 32.7 Å². The van der Waals surface area contributed by atoms with Crippen LogP contribution < -0.4 is 31.9 Å². The van der Waals surface area contributed by atoms with Gasteiger partial charge in [-0.1, -0.05) is 0 Å². The van der Waals surface area contributed by atoms with Gasteiger partial charge in [-0.2, -0.15) is 10.5 Å². The van der Waals surface area contributed by atoms with Gasteiger partial charge in [0.25, 0.3) is 0 Å². The summed E-state index contributed by atoms with van der Waals surface area (Å²) < 4.78 is 39.4. The molecular formula is C36H32F2N10O6. The third-order valence-electron chi connectivity index (χ3n) is 9.74. The third-order valence-corrected chi connectivity index (χ3v) is 9.74. The van der Waals surface area contributed by atoms with Gasteiger partial charge in [-0.25, -0.2) is 28.3 Å². The molecule has 0 unspecified atom stereocenters. The summed E-state index contributed by atoms with van der Waals surface area (Å²) in [5, 5.41) is 24.8. The number of ether oxygens (including phenoxy) is 2. The monoisotopic (exact) mass is 738 g/mol. The van der Waals surface area contributed by atoms with Gasteiger partial charge < -0.3 is 31.6 Å². The first kappa shape index (κ1) is 35.6. The maximum Gasteiger partial charge on any atom is 0.414 e. The minimum atomic E-state index is -0.721. The number of nitrogens with two attached hydrogens (primary N) is 2. The highest BCUT2D eigenvalue weighted by atomic mass is 19.1. The molecule has 2 aliphatic carbocycles. The molecule has 8 rings (SSSR count). The molecule has 4 amide bonds. The van der Waals surface area contributed by atoms with E-state index in [9.17, 15) is 28.0 Å². The summed E-state index contributed by atoms with van der Waals surface area (Å²) in [5.41, 5.74) is 11.6. The molecule has 4 fully saturated rings. The molecule has 2 aromatic carbocycles. The van der Waals surface area contributed by atoms with Crippen molar-refractivity contribution in [3.05, 3.63) is 48.3 Å². The largest absolute Gasteiger partial charge is 0.447 e. The number of hydrogen-bond acceptors (Lipinski definition) is 12. The van der Waals surface area contributed by atoms with Crippen LogP contribution in [0.25, 0.3) is 21.5 Å². The Morgan fingerprint density at radius 2 is 1.15 bits per heavy atom. The van der Waals surface area contributed by atoms with Crippen LogP contribution in [0, 0.1) is 58.0 Å². The highest BCUT2D eigenvalue weighted by Crippen LogP contribution is 2.41. The molecule has 6 atom stereocenters. The van der Waals surface area contributed by atoms with Gasteiger partial charge in [0.2, 0.25) is 11.8 Å². The Bertz CT molecular complexity index is 2200. The second-order valence-electron chi connectivity index (χ2n) is 13.6. The summed E-state index contributed by atoms with van der Waals surface area (Å²) in [7, 11) is 0. The second-order valence-corrected chi connectivity index (χ2v) is 13.6. The molecule has 4 heterocycles. The first-order valence-electron chi connectivity index (χ1n) is 16.9. The lowest BCUT2D eigenvalue weighted by Crippen LogP contribution is -2.31. The van der Waals surface area contributed by atoms with Crippen LogP contribution in [-0.2, 0) is 19.1 Å². The molecule has 0 radical (unpaired) electrons. The van der Waals surface area contributed by atoms with E-state index in [-0.39, 0.29) is 95.2 Å². The number of pyridine rings is 2. The highest BCUT2D eigenvalue weighted by molar-refractivity contribution is 6.04. The fraction of sp³-hybridized carbons (Fsp3) is 0.333. The van der Waals surface area contributed by atoms with Crippen molar-refractivity contribution in [1.82, 2.24) is 9.97 Å². The maximum atomic E-state index is 14.7. The summed E-state index contributed by atoms with van der Waals surface area (Å²) in [6.07, 6.45) is 2.53. The zero-order valence-corrected chi connectivity index (χ0v) is 28.8. The van der Waals surface area contributed by atoms with E-state index >= 15 is 0 Å². The Hall–Kier alpha value is -6.82. The van der Waals surface area contributed by atoms with E-state index in [1.165, 1.54) is 34.3 Å². The van der Waals surface area contributed by atoms with Crippen LogP contribution in [0.3, 0.4) is 0 Å². The third kappa shape index (κ3) is 6.42. The van der Waals surface area contributed by atoms with Gasteiger partial charge in [0, 0.05) is 23.2 Å². The van der Waals surface area contributed by atoms with Gasteiger partial charge in [-0.15, -0.1) is 0 Å². The standard InChI is InChI=1S/2C18H16FN5O3/c2*1-8-7-27-18(26)24(8)13-3-9-4-14(22-6-12(9)16(21)15(13)19)23-17(25)11-2-10(11)5-20/h2*3-4,6,8,10-11H,2,7,21H2,1H3,(H,22,23,25)/t8-,10+,11-;8-,10-,11+/m00/s1. The first-order valence-corrected chi connectivity index (χ1v) is 16.9. The van der Waals surface area contributed by atoms with Crippen LogP contribution in [0.4, 0.5) is 52.8 Å². The lowest BCUT2D eigenvalue weighted by molar-refractivity contribution is -0.118. The summed E-state index contributed by atoms with van der Waals surface area (Å²) in [5.74, 6) is -2.64. The number of carbonyl (C=O) groups excluding carboxylic acids is 4. The van der Waals surface area contributed by atoms with Crippen LogP contribution in [0.2, 0.25) is 0 Å². The number of hydrogen-bond donors (Lipinski definition) is 4. The molecular weight excluding hydrogens is 706 g/mol. The topological polar surface area (TPSA) is 243 Å². The minimum Gasteiger partial charge on any atom is -0.447 e. The molecule has 4 aromatic rings. The average molecular weight is 739 g/mol. The number of anilines is 6. The number of nitrogens with zero attached hydrogens (tertiary/aromatic N) is 6. The number of aromatic nitrogens is 2. The van der Waals surface area contributed by atoms with Crippen molar-refractivity contribution in [3.63, 3.8) is 0 Å². The Labute approximate surface area is 305 Å². The maximum absolute atomic E-state index is 14.7. The summed E-state index contributed by atoms with van der Waals surface area (Å²) in [6.45, 7) is 3.80. The average Bonchev–Trinajstić information content (AvgIpc) is 4.06. The number of benzene rings is 2. The normalized spacial score (nSPS) is 23.8. The van der Waals surface area contributed by atoms with E-state index in [4.69, 9.17) is 31.5 Å². The fourth-order valence-corrected chi connectivity index (χ4v) is 6.45. The van der Waals surface area contributed by atoms with Crippen molar-refractivity contribution in [1.29, 1.82) is 10.5 Å². The predicted octanol–water partition coefficient (Wildman–Crippen LogP) is 4.80. The van der Waals surface area contributed by atoms with E-state index in [1.54, 1.807) is 26.0 Å². The number of halogens is 2. The molecule has 0 spiro atoms. The summed E-state index contributed by atoms with van der Waals surface area (Å²) >= 11 is 0. The lowest BCUT2D eigenvalue weighted by Gasteiger charge is -2.20. The van der Waals surface area contributed by atoms with E-state index in [0.29, 0.717) is 34.4 Å². The van der Waals surface area contributed by atoms with Crippen LogP contribution in [0.15, 0.2) is 36.7 Å². The number of cyclic esters (lactones) is 2. The molecule has 16 nitrogen and oxygen atoms in total. The van der Waals surface area contributed by atoms with Gasteiger partial charge >= 0.3 is 12.2 Å². The number of amides is 4. The molecule has 2 aromatic heterocycles. The predicted molar refractivity (Wildman–Crippen MR) is 190 cm³/mol. The van der Waals surface area contributed by atoms with Gasteiger partial charge in [-0.3, -0.25) is 19.4 Å². The minimum absolute atomic E-state index is 0.0187. The Kier molecular flexibility index (Phi) is 8.98. The molecule has 2 saturated carbocycles. The molecule has 54 heavy (non-hydrogen) atoms. The van der Waals surface area contributed by atoms with Crippen molar-refractivity contribution in [2.75, 3.05) is 45.1 Å². The number of nitrogen functional groups attached to an aromatic ring is 2. The lowest BCUT2D eigenvalue weighted by atomic mass is 10.1. The summed E-state index contributed by atoms with van der Waals surface area (Å²) in [4.78, 5) is 58.7. The van der Waals surface area contributed by atoms with Crippen molar-refractivity contribution in [3.8, 4) is 12.1 Å². The molecule has 6 N–H and O–H groups in total. The van der Waals surface area contributed by atoms with Crippen molar-refractivity contribution >= 4 is 79.9 Å². The smallest absolute Gasteiger partial charge is 0.414 e. The van der Waals surface area contributed by atoms with Crippen molar-refractivity contribution < 1.29 is 37.4 Å². The van der Waals surface area contributed by atoms with E-state index in [1.807, 2.05) is 0 Å². The second kappa shape index (κ2) is 13.6. The van der Waals surface area contributed by atoms with Crippen LogP contribution in [-0.4, -0.2) is 59.3 Å². The van der Waals surface area contributed by atoms with Gasteiger partial charge in [-0.05, 0) is 61.7 Å².